The molecule has 18 heavy (non-hydrogen) atoms. The van der Waals surface area contributed by atoms with Crippen LogP contribution in [0.1, 0.15) is 24.8 Å². The molecule has 0 spiro atoms. The van der Waals surface area contributed by atoms with E-state index in [9.17, 15) is 9.18 Å². The lowest BCUT2D eigenvalue weighted by Crippen LogP contribution is -2.26. The number of ketones is 1. The van der Waals surface area contributed by atoms with E-state index < -0.39 is 0 Å². The summed E-state index contributed by atoms with van der Waals surface area (Å²) < 4.78 is 13.6. The highest BCUT2D eigenvalue weighted by molar-refractivity contribution is 9.10. The first-order valence-electron chi connectivity index (χ1n) is 6.28. The molecular formula is C14H17BrFNO. The Morgan fingerprint density at radius 3 is 2.89 bits per heavy atom. The van der Waals surface area contributed by atoms with E-state index in [1.807, 2.05) is 0 Å². The maximum absolute atomic E-state index is 13.0. The third-order valence-electron chi connectivity index (χ3n) is 3.76. The molecule has 2 N–H and O–H groups in total. The standard InChI is InChI=1S/C14H17BrFNO/c15-13-7-11(16)5-4-9(13)6-14(18)12-3-1-2-10(12)8-17/h4-5,7,10,12H,1-3,6,8,17H2. The van der Waals surface area contributed by atoms with E-state index in [-0.39, 0.29) is 17.5 Å². The summed E-state index contributed by atoms with van der Waals surface area (Å²) in [6.07, 6.45) is 3.45. The van der Waals surface area contributed by atoms with E-state index in [1.165, 1.54) is 12.1 Å². The number of carbonyl (C=O) groups is 1. The summed E-state index contributed by atoms with van der Waals surface area (Å²) in [6.45, 7) is 0.584. The molecule has 0 bridgehead atoms. The van der Waals surface area contributed by atoms with Gasteiger partial charge in [-0.25, -0.2) is 4.39 Å². The van der Waals surface area contributed by atoms with E-state index in [0.717, 1.165) is 24.8 Å². The number of hydrogen-bond donors (Lipinski definition) is 1. The van der Waals surface area contributed by atoms with Gasteiger partial charge in [-0.15, -0.1) is 0 Å². The van der Waals surface area contributed by atoms with Crippen LogP contribution in [0.4, 0.5) is 4.39 Å². The van der Waals surface area contributed by atoms with Crippen LogP contribution in [0, 0.1) is 17.7 Å². The van der Waals surface area contributed by atoms with Crippen molar-refractivity contribution < 1.29 is 9.18 Å². The van der Waals surface area contributed by atoms with Crippen molar-refractivity contribution in [2.45, 2.75) is 25.7 Å². The fourth-order valence-electron chi connectivity index (χ4n) is 2.73. The second kappa shape index (κ2) is 5.93. The molecule has 0 heterocycles. The molecule has 0 aromatic heterocycles. The molecule has 1 aliphatic rings. The predicted molar refractivity (Wildman–Crippen MR) is 72.7 cm³/mol. The van der Waals surface area contributed by atoms with E-state index in [0.29, 0.717) is 23.4 Å². The molecule has 1 fully saturated rings. The fourth-order valence-corrected chi connectivity index (χ4v) is 3.22. The number of halogens is 2. The van der Waals surface area contributed by atoms with Crippen LogP contribution in [0.3, 0.4) is 0 Å². The second-order valence-corrected chi connectivity index (χ2v) is 5.77. The molecule has 1 saturated carbocycles. The average molecular weight is 314 g/mol. The Morgan fingerprint density at radius 2 is 2.22 bits per heavy atom. The van der Waals surface area contributed by atoms with Gasteiger partial charge in [0.25, 0.3) is 0 Å². The molecule has 1 aromatic rings. The van der Waals surface area contributed by atoms with Gasteiger partial charge in [-0.1, -0.05) is 28.4 Å². The third kappa shape index (κ3) is 2.98. The lowest BCUT2D eigenvalue weighted by molar-refractivity contribution is -0.123. The zero-order valence-electron chi connectivity index (χ0n) is 10.2. The fraction of sp³-hybridized carbons (Fsp3) is 0.500. The zero-order chi connectivity index (χ0) is 13.1. The predicted octanol–water partition coefficient (Wildman–Crippen LogP) is 3.07. The van der Waals surface area contributed by atoms with Crippen LogP contribution in [0.5, 0.6) is 0 Å². The van der Waals surface area contributed by atoms with Crippen molar-refractivity contribution in [2.75, 3.05) is 6.54 Å². The minimum absolute atomic E-state index is 0.0898. The maximum atomic E-state index is 13.0. The van der Waals surface area contributed by atoms with Crippen molar-refractivity contribution in [3.8, 4) is 0 Å². The van der Waals surface area contributed by atoms with Crippen LogP contribution in [0.25, 0.3) is 0 Å². The van der Waals surface area contributed by atoms with Gasteiger partial charge in [0.2, 0.25) is 0 Å². The second-order valence-electron chi connectivity index (χ2n) is 4.91. The molecule has 0 saturated heterocycles. The molecule has 2 unspecified atom stereocenters. The monoisotopic (exact) mass is 313 g/mol. The van der Waals surface area contributed by atoms with Crippen LogP contribution in [-0.4, -0.2) is 12.3 Å². The summed E-state index contributed by atoms with van der Waals surface area (Å²) in [5.74, 6) is 0.359. The van der Waals surface area contributed by atoms with Crippen molar-refractivity contribution >= 4 is 21.7 Å². The smallest absolute Gasteiger partial charge is 0.140 e. The van der Waals surface area contributed by atoms with Gasteiger partial charge < -0.3 is 5.73 Å². The van der Waals surface area contributed by atoms with E-state index >= 15 is 0 Å². The van der Waals surface area contributed by atoms with Gasteiger partial charge in [0.05, 0.1) is 0 Å². The lowest BCUT2D eigenvalue weighted by Gasteiger charge is -2.16. The Bertz CT molecular complexity index is 449. The zero-order valence-corrected chi connectivity index (χ0v) is 11.7. The molecule has 2 nitrogen and oxygen atoms in total. The topological polar surface area (TPSA) is 43.1 Å². The molecule has 1 aromatic carbocycles. The molecule has 0 aliphatic heterocycles. The van der Waals surface area contributed by atoms with Crippen molar-refractivity contribution in [2.24, 2.45) is 17.6 Å². The first kappa shape index (κ1) is 13.7. The minimum atomic E-state index is -0.293. The van der Waals surface area contributed by atoms with Crippen LogP contribution >= 0.6 is 15.9 Å². The Balaban J connectivity index is 2.07. The lowest BCUT2D eigenvalue weighted by atomic mass is 9.89. The molecule has 4 heteroatoms. The Morgan fingerprint density at radius 1 is 1.44 bits per heavy atom. The Kier molecular flexibility index (Phi) is 4.51. The van der Waals surface area contributed by atoms with Crippen molar-refractivity contribution in [1.82, 2.24) is 0 Å². The number of nitrogens with two attached hydrogens (primary N) is 1. The number of benzene rings is 1. The molecule has 1 aliphatic carbocycles. The molecule has 2 rings (SSSR count). The van der Waals surface area contributed by atoms with Gasteiger partial charge in [-0.3, -0.25) is 4.79 Å². The van der Waals surface area contributed by atoms with Gasteiger partial charge in [-0.05, 0) is 43.0 Å². The summed E-state index contributed by atoms with van der Waals surface area (Å²) in [6, 6.07) is 4.46. The summed E-state index contributed by atoms with van der Waals surface area (Å²) in [5, 5.41) is 0. The van der Waals surface area contributed by atoms with Gasteiger partial charge >= 0.3 is 0 Å². The van der Waals surface area contributed by atoms with Gasteiger partial charge in [0.15, 0.2) is 0 Å². The van der Waals surface area contributed by atoms with Crippen LogP contribution < -0.4 is 5.73 Å². The number of Topliss-reactive ketones (excluding diaryl/α,β-unsaturated/α-hetero) is 1. The van der Waals surface area contributed by atoms with E-state index in [2.05, 4.69) is 15.9 Å². The highest BCUT2D eigenvalue weighted by Gasteiger charge is 2.31. The van der Waals surface area contributed by atoms with Crippen molar-refractivity contribution in [3.63, 3.8) is 0 Å². The Hall–Kier alpha value is -0.740. The molecule has 98 valence electrons. The maximum Gasteiger partial charge on any atom is 0.140 e. The third-order valence-corrected chi connectivity index (χ3v) is 4.49. The molecule has 2 atom stereocenters. The van der Waals surface area contributed by atoms with Crippen molar-refractivity contribution in [1.29, 1.82) is 0 Å². The summed E-state index contributed by atoms with van der Waals surface area (Å²) in [4.78, 5) is 12.3. The highest BCUT2D eigenvalue weighted by Crippen LogP contribution is 2.33. The highest BCUT2D eigenvalue weighted by atomic mass is 79.9. The number of hydrogen-bond acceptors (Lipinski definition) is 2. The average Bonchev–Trinajstić information content (AvgIpc) is 2.81. The summed E-state index contributed by atoms with van der Waals surface area (Å²) in [7, 11) is 0. The SMILES string of the molecule is NCC1CCCC1C(=O)Cc1ccc(F)cc1Br. The van der Waals surface area contributed by atoms with Crippen LogP contribution in [0.15, 0.2) is 22.7 Å². The van der Waals surface area contributed by atoms with Gasteiger partial charge in [-0.2, -0.15) is 0 Å². The molecule has 0 radical (unpaired) electrons. The molecular weight excluding hydrogens is 297 g/mol. The normalized spacial score (nSPS) is 23.3. The number of rotatable bonds is 4. The largest absolute Gasteiger partial charge is 0.330 e. The van der Waals surface area contributed by atoms with E-state index in [4.69, 9.17) is 5.73 Å². The van der Waals surface area contributed by atoms with E-state index in [1.54, 1.807) is 6.07 Å². The molecule has 0 amide bonds. The van der Waals surface area contributed by atoms with Gasteiger partial charge in [0, 0.05) is 16.8 Å². The van der Waals surface area contributed by atoms with Crippen LogP contribution in [0.2, 0.25) is 0 Å². The summed E-state index contributed by atoms with van der Waals surface area (Å²) >= 11 is 3.30. The van der Waals surface area contributed by atoms with Gasteiger partial charge in [0.1, 0.15) is 11.6 Å². The first-order chi connectivity index (χ1) is 8.61. The van der Waals surface area contributed by atoms with Crippen LogP contribution in [-0.2, 0) is 11.2 Å². The quantitative estimate of drug-likeness (QED) is 0.928. The van der Waals surface area contributed by atoms with Crippen molar-refractivity contribution in [3.05, 3.63) is 34.1 Å². The Labute approximate surface area is 115 Å². The summed E-state index contributed by atoms with van der Waals surface area (Å²) in [5.41, 5.74) is 6.55. The first-order valence-corrected chi connectivity index (χ1v) is 7.08. The number of carbonyl (C=O) groups excluding carboxylic acids is 1. The minimum Gasteiger partial charge on any atom is -0.330 e.